The van der Waals surface area contributed by atoms with Crippen LogP contribution in [-0.4, -0.2) is 51.1 Å². The van der Waals surface area contributed by atoms with Crippen LogP contribution in [0.1, 0.15) is 19.3 Å². The normalized spacial score (nSPS) is 12.0. The van der Waals surface area contributed by atoms with Crippen molar-refractivity contribution in [2.45, 2.75) is 25.4 Å². The molecular formula is C10H19F3O4. The molecule has 1 N–H and O–H groups in total. The number of aliphatic hydroxyl groups excluding tert-OH is 1. The summed E-state index contributed by atoms with van der Waals surface area (Å²) < 4.78 is 50.1. The largest absolute Gasteiger partial charge is 0.394 e. The van der Waals surface area contributed by atoms with Gasteiger partial charge in [-0.1, -0.05) is 0 Å². The van der Waals surface area contributed by atoms with E-state index < -0.39 is 12.6 Å². The van der Waals surface area contributed by atoms with Crippen molar-refractivity contribution in [1.82, 2.24) is 0 Å². The lowest BCUT2D eigenvalue weighted by Gasteiger charge is -2.07. The monoisotopic (exact) mass is 260 g/mol. The molecule has 104 valence electrons. The number of halogens is 3. The second-order valence-electron chi connectivity index (χ2n) is 3.34. The van der Waals surface area contributed by atoms with Crippen LogP contribution in [0, 0.1) is 0 Å². The molecule has 0 saturated heterocycles. The summed E-state index contributed by atoms with van der Waals surface area (Å²) in [5, 5.41) is 8.36. The Morgan fingerprint density at radius 1 is 0.824 bits per heavy atom. The van der Waals surface area contributed by atoms with Gasteiger partial charge < -0.3 is 19.3 Å². The van der Waals surface area contributed by atoms with Crippen molar-refractivity contribution in [2.24, 2.45) is 0 Å². The molecule has 0 rings (SSSR count). The molecule has 0 aliphatic rings. The van der Waals surface area contributed by atoms with Crippen molar-refractivity contribution in [1.29, 1.82) is 0 Å². The van der Waals surface area contributed by atoms with Gasteiger partial charge in [-0.05, 0) is 12.8 Å². The van der Waals surface area contributed by atoms with Gasteiger partial charge in [-0.15, -0.1) is 0 Å². The first-order valence-electron chi connectivity index (χ1n) is 5.47. The van der Waals surface area contributed by atoms with E-state index in [4.69, 9.17) is 19.3 Å². The number of alkyl halides is 3. The third-order valence-electron chi connectivity index (χ3n) is 1.77. The Balaban J connectivity index is 2.99. The van der Waals surface area contributed by atoms with Crippen LogP contribution in [0.2, 0.25) is 0 Å². The Bertz CT molecular complexity index is 164. The highest BCUT2D eigenvalue weighted by atomic mass is 19.4. The van der Waals surface area contributed by atoms with Crippen molar-refractivity contribution in [3.8, 4) is 0 Å². The van der Waals surface area contributed by atoms with E-state index in [2.05, 4.69) is 0 Å². The number of aliphatic hydroxyl groups is 1. The van der Waals surface area contributed by atoms with Crippen LogP contribution < -0.4 is 0 Å². The summed E-state index contributed by atoms with van der Waals surface area (Å²) in [5.41, 5.74) is 0. The van der Waals surface area contributed by atoms with Crippen LogP contribution in [0.25, 0.3) is 0 Å². The first-order valence-corrected chi connectivity index (χ1v) is 5.47. The van der Waals surface area contributed by atoms with E-state index in [1.807, 2.05) is 0 Å². The first kappa shape index (κ1) is 16.6. The fraction of sp³-hybridized carbons (Fsp3) is 1.00. The highest BCUT2D eigenvalue weighted by molar-refractivity contribution is 4.50. The van der Waals surface area contributed by atoms with Gasteiger partial charge in [0.15, 0.2) is 0 Å². The van der Waals surface area contributed by atoms with E-state index in [9.17, 15) is 13.2 Å². The maximum atomic E-state index is 11.7. The highest BCUT2D eigenvalue weighted by Crippen LogP contribution is 2.21. The van der Waals surface area contributed by atoms with Gasteiger partial charge >= 0.3 is 6.18 Å². The van der Waals surface area contributed by atoms with Gasteiger partial charge in [0.1, 0.15) is 6.79 Å². The number of unbranched alkanes of at least 4 members (excludes halogenated alkanes) is 1. The molecular weight excluding hydrogens is 241 g/mol. The lowest BCUT2D eigenvalue weighted by molar-refractivity contribution is -0.136. The fourth-order valence-electron chi connectivity index (χ4n) is 0.991. The maximum Gasteiger partial charge on any atom is 0.389 e. The van der Waals surface area contributed by atoms with Crippen molar-refractivity contribution >= 4 is 0 Å². The van der Waals surface area contributed by atoms with Crippen LogP contribution in [0.4, 0.5) is 13.2 Å². The number of ether oxygens (including phenoxy) is 3. The lowest BCUT2D eigenvalue weighted by Crippen LogP contribution is -2.10. The van der Waals surface area contributed by atoms with Crippen LogP contribution >= 0.6 is 0 Å². The first-order chi connectivity index (χ1) is 8.06. The Hall–Kier alpha value is -0.370. The average molecular weight is 260 g/mol. The molecule has 0 aromatic heterocycles. The predicted molar refractivity (Wildman–Crippen MR) is 54.6 cm³/mol. The Morgan fingerprint density at radius 2 is 1.47 bits per heavy atom. The Kier molecular flexibility index (Phi) is 10.5. The van der Waals surface area contributed by atoms with Crippen LogP contribution in [-0.2, 0) is 14.2 Å². The minimum atomic E-state index is -4.08. The maximum absolute atomic E-state index is 11.7. The molecule has 0 amide bonds. The summed E-state index contributed by atoms with van der Waals surface area (Å²) in [6.45, 7) is 1.20. The third kappa shape index (κ3) is 15.6. The van der Waals surface area contributed by atoms with Crippen molar-refractivity contribution < 1.29 is 32.5 Å². The lowest BCUT2D eigenvalue weighted by atomic mass is 10.2. The van der Waals surface area contributed by atoms with E-state index in [-0.39, 0.29) is 26.4 Å². The van der Waals surface area contributed by atoms with Gasteiger partial charge in [-0.2, -0.15) is 13.2 Å². The Labute approximate surface area is 98.7 Å². The summed E-state index contributed by atoms with van der Waals surface area (Å²) in [7, 11) is 0. The number of hydrogen-bond acceptors (Lipinski definition) is 4. The molecule has 0 saturated carbocycles. The van der Waals surface area contributed by atoms with Gasteiger partial charge in [0.05, 0.1) is 26.4 Å². The van der Waals surface area contributed by atoms with E-state index in [1.165, 1.54) is 0 Å². The zero-order valence-electron chi connectivity index (χ0n) is 9.67. The number of rotatable bonds is 11. The second kappa shape index (κ2) is 10.8. The molecule has 0 atom stereocenters. The van der Waals surface area contributed by atoms with Gasteiger partial charge in [0.25, 0.3) is 0 Å². The van der Waals surface area contributed by atoms with E-state index >= 15 is 0 Å². The molecule has 0 aromatic carbocycles. The standard InChI is InChI=1S/C10H19F3O4/c11-10(12,13)3-1-2-5-15-7-8-17-9-16-6-4-14/h14H,1-9H2. The minimum Gasteiger partial charge on any atom is -0.394 e. The van der Waals surface area contributed by atoms with Gasteiger partial charge in [0.2, 0.25) is 0 Å². The molecule has 17 heavy (non-hydrogen) atoms. The van der Waals surface area contributed by atoms with Gasteiger partial charge in [-0.25, -0.2) is 0 Å². The molecule has 0 bridgehead atoms. The predicted octanol–water partition coefficient (Wildman–Crippen LogP) is 1.72. The average Bonchev–Trinajstić information content (AvgIpc) is 2.24. The molecule has 0 aliphatic carbocycles. The van der Waals surface area contributed by atoms with E-state index in [0.29, 0.717) is 26.2 Å². The minimum absolute atomic E-state index is 0.0565. The summed E-state index contributed by atoms with van der Waals surface area (Å²) in [5.74, 6) is 0. The topological polar surface area (TPSA) is 47.9 Å². The molecule has 0 spiro atoms. The van der Waals surface area contributed by atoms with Crippen LogP contribution in [0.3, 0.4) is 0 Å². The third-order valence-corrected chi connectivity index (χ3v) is 1.77. The van der Waals surface area contributed by atoms with Gasteiger partial charge in [0, 0.05) is 13.0 Å². The van der Waals surface area contributed by atoms with E-state index in [1.54, 1.807) is 0 Å². The zero-order valence-corrected chi connectivity index (χ0v) is 9.67. The van der Waals surface area contributed by atoms with Crippen LogP contribution in [0.5, 0.6) is 0 Å². The highest BCUT2D eigenvalue weighted by Gasteiger charge is 2.25. The van der Waals surface area contributed by atoms with Crippen molar-refractivity contribution in [3.63, 3.8) is 0 Å². The molecule has 4 nitrogen and oxygen atoms in total. The molecule has 0 aliphatic heterocycles. The molecule has 0 radical (unpaired) electrons. The van der Waals surface area contributed by atoms with Crippen molar-refractivity contribution in [2.75, 3.05) is 39.8 Å². The van der Waals surface area contributed by atoms with E-state index in [0.717, 1.165) is 0 Å². The summed E-state index contributed by atoms with van der Waals surface area (Å²) in [4.78, 5) is 0. The summed E-state index contributed by atoms with van der Waals surface area (Å²) in [6.07, 6.45) is -4.36. The smallest absolute Gasteiger partial charge is 0.389 e. The molecule has 0 unspecified atom stereocenters. The molecule has 0 heterocycles. The SMILES string of the molecule is OCCOCOCCOCCCCC(F)(F)F. The Morgan fingerprint density at radius 3 is 2.12 bits per heavy atom. The molecule has 7 heteroatoms. The summed E-state index contributed by atoms with van der Waals surface area (Å²) >= 11 is 0. The molecule has 0 fully saturated rings. The molecule has 0 aromatic rings. The number of hydrogen-bond donors (Lipinski definition) is 1. The van der Waals surface area contributed by atoms with Gasteiger partial charge in [-0.3, -0.25) is 0 Å². The van der Waals surface area contributed by atoms with Crippen molar-refractivity contribution in [3.05, 3.63) is 0 Å². The second-order valence-corrected chi connectivity index (χ2v) is 3.34. The zero-order chi connectivity index (χ0) is 13.0. The fourth-order valence-corrected chi connectivity index (χ4v) is 0.991. The van der Waals surface area contributed by atoms with Crippen LogP contribution in [0.15, 0.2) is 0 Å². The summed E-state index contributed by atoms with van der Waals surface area (Å²) in [6, 6.07) is 0. The quantitative estimate of drug-likeness (QED) is 0.454.